The van der Waals surface area contributed by atoms with Crippen LogP contribution in [0.2, 0.25) is 5.02 Å². The van der Waals surface area contributed by atoms with Gasteiger partial charge in [-0.05, 0) is 18.4 Å². The van der Waals surface area contributed by atoms with E-state index in [9.17, 15) is 0 Å². The van der Waals surface area contributed by atoms with Crippen LogP contribution in [0.4, 0.5) is 0 Å². The van der Waals surface area contributed by atoms with Crippen molar-refractivity contribution in [2.75, 3.05) is 0 Å². The Morgan fingerprint density at radius 2 is 2.22 bits per heavy atom. The Kier molecular flexibility index (Phi) is 2.89. The van der Waals surface area contributed by atoms with Gasteiger partial charge in [-0.3, -0.25) is 4.68 Å². The summed E-state index contributed by atoms with van der Waals surface area (Å²) in [5.74, 6) is 0.831. The molecule has 0 N–H and O–H groups in total. The lowest BCUT2D eigenvalue weighted by Gasteiger charge is -1.90. The van der Waals surface area contributed by atoms with E-state index < -0.39 is 0 Å². The smallest absolute Gasteiger partial charge is 0.270 e. The molecule has 5 nitrogen and oxygen atoms in total. The first-order valence-corrected chi connectivity index (χ1v) is 6.64. The summed E-state index contributed by atoms with van der Waals surface area (Å²) in [4.78, 5) is 0.930. The maximum absolute atomic E-state index is 6.08. The third kappa shape index (κ3) is 1.93. The first kappa shape index (κ1) is 11.4. The molecule has 3 aromatic heterocycles. The van der Waals surface area contributed by atoms with Crippen molar-refractivity contribution < 1.29 is 4.42 Å². The molecule has 0 saturated heterocycles. The largest absolute Gasteiger partial charge is 0.414 e. The van der Waals surface area contributed by atoms with E-state index >= 15 is 0 Å². The minimum Gasteiger partial charge on any atom is -0.414 e. The second-order valence-electron chi connectivity index (χ2n) is 3.57. The lowest BCUT2D eigenvalue weighted by molar-refractivity contribution is 0.578. The fraction of sp³-hybridized carbons (Fsp3) is 0.182. The van der Waals surface area contributed by atoms with Gasteiger partial charge in [-0.15, -0.1) is 21.5 Å². The van der Waals surface area contributed by atoms with Crippen LogP contribution in [-0.4, -0.2) is 20.0 Å². The highest BCUT2D eigenvalue weighted by atomic mass is 35.5. The fourth-order valence-corrected chi connectivity index (χ4v) is 2.40. The summed E-state index contributed by atoms with van der Waals surface area (Å²) < 4.78 is 7.31. The summed E-state index contributed by atoms with van der Waals surface area (Å²) >= 11 is 7.63. The average molecular weight is 281 g/mol. The van der Waals surface area contributed by atoms with Crippen LogP contribution in [0.3, 0.4) is 0 Å². The second-order valence-corrected chi connectivity index (χ2v) is 4.93. The Labute approximate surface area is 112 Å². The average Bonchev–Trinajstić information content (AvgIpc) is 3.08. The molecular weight excluding hydrogens is 272 g/mol. The molecule has 3 rings (SSSR count). The maximum atomic E-state index is 6.08. The van der Waals surface area contributed by atoms with Gasteiger partial charge in [0, 0.05) is 12.7 Å². The Morgan fingerprint density at radius 3 is 2.89 bits per heavy atom. The molecule has 0 radical (unpaired) electrons. The van der Waals surface area contributed by atoms with Crippen LogP contribution in [-0.2, 0) is 6.54 Å². The number of hydrogen-bond donors (Lipinski definition) is 0. The SMILES string of the molecule is CCn1cc(Cl)c(-c2nnc(-c3cccs3)o2)n1. The fourth-order valence-electron chi connectivity index (χ4n) is 1.52. The van der Waals surface area contributed by atoms with Crippen molar-refractivity contribution >= 4 is 22.9 Å². The molecule has 0 atom stereocenters. The number of thiophene rings is 1. The van der Waals surface area contributed by atoms with Gasteiger partial charge in [-0.2, -0.15) is 5.10 Å². The number of hydrogen-bond acceptors (Lipinski definition) is 5. The minimum atomic E-state index is 0.343. The van der Waals surface area contributed by atoms with Gasteiger partial charge in [-0.1, -0.05) is 17.7 Å². The standard InChI is InChI=1S/C11H9ClN4OS/c1-2-16-6-7(12)9(15-16)11-14-13-10(17-11)8-4-3-5-18-8/h3-6H,2H2,1H3. The zero-order valence-electron chi connectivity index (χ0n) is 9.50. The van der Waals surface area contributed by atoms with Crippen LogP contribution in [0, 0.1) is 0 Å². The Balaban J connectivity index is 2.00. The quantitative estimate of drug-likeness (QED) is 0.738. The Morgan fingerprint density at radius 1 is 1.39 bits per heavy atom. The van der Waals surface area contributed by atoms with E-state index in [2.05, 4.69) is 15.3 Å². The van der Waals surface area contributed by atoms with Crippen molar-refractivity contribution in [3.63, 3.8) is 0 Å². The van der Waals surface area contributed by atoms with Crippen molar-refractivity contribution in [3.8, 4) is 22.4 Å². The molecule has 3 aromatic rings. The predicted octanol–water partition coefficient (Wildman–Crippen LogP) is 3.33. The lowest BCUT2D eigenvalue weighted by atomic mass is 10.4. The van der Waals surface area contributed by atoms with Gasteiger partial charge < -0.3 is 4.42 Å². The third-order valence-corrected chi connectivity index (χ3v) is 3.54. The zero-order chi connectivity index (χ0) is 12.5. The summed E-state index contributed by atoms with van der Waals surface area (Å²) in [5.41, 5.74) is 0.522. The summed E-state index contributed by atoms with van der Waals surface area (Å²) in [6.07, 6.45) is 1.74. The number of rotatable bonds is 3. The molecule has 0 amide bonds. The van der Waals surface area contributed by atoms with Crippen LogP contribution in [0.1, 0.15) is 6.92 Å². The van der Waals surface area contributed by atoms with Crippen LogP contribution in [0.5, 0.6) is 0 Å². The molecular formula is C11H9ClN4OS. The van der Waals surface area contributed by atoms with Gasteiger partial charge in [0.05, 0.1) is 9.90 Å². The molecule has 0 aliphatic carbocycles. The highest BCUT2D eigenvalue weighted by Gasteiger charge is 2.17. The van der Waals surface area contributed by atoms with Crippen LogP contribution in [0.25, 0.3) is 22.4 Å². The van der Waals surface area contributed by atoms with E-state index in [0.717, 1.165) is 11.4 Å². The summed E-state index contributed by atoms with van der Waals surface area (Å²) in [5, 5.41) is 14.7. The highest BCUT2D eigenvalue weighted by molar-refractivity contribution is 7.13. The molecule has 18 heavy (non-hydrogen) atoms. The lowest BCUT2D eigenvalue weighted by Crippen LogP contribution is -1.93. The van der Waals surface area contributed by atoms with Gasteiger partial charge in [0.25, 0.3) is 11.8 Å². The van der Waals surface area contributed by atoms with E-state index in [1.54, 1.807) is 22.2 Å². The topological polar surface area (TPSA) is 56.7 Å². The molecule has 92 valence electrons. The van der Waals surface area contributed by atoms with Crippen LogP contribution < -0.4 is 0 Å². The van der Waals surface area contributed by atoms with Crippen molar-refractivity contribution in [1.29, 1.82) is 0 Å². The van der Waals surface area contributed by atoms with Crippen LogP contribution >= 0.6 is 22.9 Å². The molecule has 0 unspecified atom stereocenters. The zero-order valence-corrected chi connectivity index (χ0v) is 11.1. The second kappa shape index (κ2) is 4.55. The molecule has 0 aromatic carbocycles. The minimum absolute atomic E-state index is 0.343. The molecule has 0 aliphatic rings. The van der Waals surface area contributed by atoms with Gasteiger partial charge in [0.1, 0.15) is 0 Å². The monoisotopic (exact) mass is 280 g/mol. The Hall–Kier alpha value is -1.66. The predicted molar refractivity (Wildman–Crippen MR) is 69.5 cm³/mol. The highest BCUT2D eigenvalue weighted by Crippen LogP contribution is 2.29. The van der Waals surface area contributed by atoms with Crippen molar-refractivity contribution in [1.82, 2.24) is 20.0 Å². The van der Waals surface area contributed by atoms with Gasteiger partial charge in [-0.25, -0.2) is 0 Å². The number of nitrogens with zero attached hydrogens (tertiary/aromatic N) is 4. The van der Waals surface area contributed by atoms with Gasteiger partial charge in [0.2, 0.25) is 0 Å². The van der Waals surface area contributed by atoms with Gasteiger partial charge >= 0.3 is 0 Å². The first-order chi connectivity index (χ1) is 8.78. The summed E-state index contributed by atoms with van der Waals surface area (Å²) in [6.45, 7) is 2.73. The van der Waals surface area contributed by atoms with E-state index in [4.69, 9.17) is 16.0 Å². The van der Waals surface area contributed by atoms with E-state index in [1.165, 1.54) is 0 Å². The molecule has 0 bridgehead atoms. The third-order valence-electron chi connectivity index (χ3n) is 2.40. The van der Waals surface area contributed by atoms with Gasteiger partial charge in [0.15, 0.2) is 5.69 Å². The molecule has 0 aliphatic heterocycles. The van der Waals surface area contributed by atoms with E-state index in [0.29, 0.717) is 22.5 Å². The van der Waals surface area contributed by atoms with E-state index in [1.807, 2.05) is 24.4 Å². The number of aromatic nitrogens is 4. The number of halogens is 1. The summed E-state index contributed by atoms with van der Waals surface area (Å²) in [6, 6.07) is 3.86. The molecule has 0 saturated carbocycles. The Bertz CT molecular complexity index is 658. The first-order valence-electron chi connectivity index (χ1n) is 5.38. The summed E-state index contributed by atoms with van der Waals surface area (Å²) in [7, 11) is 0. The van der Waals surface area contributed by atoms with E-state index in [-0.39, 0.29) is 0 Å². The van der Waals surface area contributed by atoms with Crippen LogP contribution in [0.15, 0.2) is 28.1 Å². The number of aryl methyl sites for hydroxylation is 1. The molecule has 7 heteroatoms. The van der Waals surface area contributed by atoms with Crippen molar-refractivity contribution in [2.45, 2.75) is 13.5 Å². The molecule has 3 heterocycles. The maximum Gasteiger partial charge on any atom is 0.270 e. The van der Waals surface area contributed by atoms with Crippen molar-refractivity contribution in [2.24, 2.45) is 0 Å². The molecule has 0 spiro atoms. The normalized spacial score (nSPS) is 11.0. The molecule has 0 fully saturated rings. The van der Waals surface area contributed by atoms with Crippen molar-refractivity contribution in [3.05, 3.63) is 28.7 Å².